The van der Waals surface area contributed by atoms with Gasteiger partial charge in [-0.1, -0.05) is 6.42 Å². The molecule has 3 aliphatic rings. The molecule has 2 aliphatic carbocycles. The number of fused-ring (bicyclic) bond motifs is 3. The number of rotatable bonds is 2. The largest absolute Gasteiger partial charge is 0.376 e. The minimum absolute atomic E-state index is 0.0118. The predicted molar refractivity (Wildman–Crippen MR) is 57.1 cm³/mol. The monoisotopic (exact) mass is 248 g/mol. The molecule has 1 heterocycles. The van der Waals surface area contributed by atoms with Crippen molar-refractivity contribution in [3.63, 3.8) is 0 Å². The van der Waals surface area contributed by atoms with Crippen LogP contribution in [0.15, 0.2) is 0 Å². The molecule has 3 nitrogen and oxygen atoms in total. The molecular formula is C11H17FO3S. The van der Waals surface area contributed by atoms with Crippen molar-refractivity contribution in [1.82, 2.24) is 0 Å². The van der Waals surface area contributed by atoms with E-state index in [0.717, 1.165) is 18.8 Å². The molecule has 4 unspecified atom stereocenters. The number of hydrogen-bond donors (Lipinski definition) is 0. The van der Waals surface area contributed by atoms with Crippen LogP contribution in [0.5, 0.6) is 0 Å². The highest BCUT2D eigenvalue weighted by molar-refractivity contribution is 7.86. The Balaban J connectivity index is 1.84. The third-order valence-electron chi connectivity index (χ3n) is 4.90. The zero-order valence-corrected chi connectivity index (χ0v) is 10.0. The maximum absolute atomic E-state index is 12.8. The normalized spacial score (nSPS) is 46.9. The van der Waals surface area contributed by atoms with E-state index in [1.807, 2.05) is 0 Å². The lowest BCUT2D eigenvalue weighted by atomic mass is 9.69. The molecule has 1 spiro atoms. The maximum atomic E-state index is 12.8. The van der Waals surface area contributed by atoms with E-state index in [-0.39, 0.29) is 5.41 Å². The highest BCUT2D eigenvalue weighted by atomic mass is 32.3. The second-order valence-electron chi connectivity index (χ2n) is 5.63. The molecule has 92 valence electrons. The molecule has 0 amide bonds. The summed E-state index contributed by atoms with van der Waals surface area (Å²) in [5.41, 5.74) is -0.0118. The van der Waals surface area contributed by atoms with Crippen molar-refractivity contribution in [2.24, 2.45) is 17.3 Å². The van der Waals surface area contributed by atoms with Gasteiger partial charge in [0, 0.05) is 12.0 Å². The zero-order valence-electron chi connectivity index (χ0n) is 9.19. The summed E-state index contributed by atoms with van der Waals surface area (Å²) in [7, 11) is -4.41. The molecule has 0 aromatic carbocycles. The van der Waals surface area contributed by atoms with Gasteiger partial charge in [-0.05, 0) is 37.5 Å². The van der Waals surface area contributed by atoms with Crippen LogP contribution in [0.25, 0.3) is 0 Å². The number of hydrogen-bond acceptors (Lipinski definition) is 3. The van der Waals surface area contributed by atoms with E-state index >= 15 is 0 Å². The van der Waals surface area contributed by atoms with Crippen molar-refractivity contribution in [3.8, 4) is 0 Å². The lowest BCUT2D eigenvalue weighted by molar-refractivity contribution is 0.0329. The Hall–Kier alpha value is -0.160. The molecular weight excluding hydrogens is 231 g/mol. The molecule has 3 fully saturated rings. The highest BCUT2D eigenvalue weighted by Gasteiger charge is 2.58. The Morgan fingerprint density at radius 1 is 1.38 bits per heavy atom. The van der Waals surface area contributed by atoms with E-state index in [1.54, 1.807) is 0 Å². The van der Waals surface area contributed by atoms with Gasteiger partial charge in [0.2, 0.25) is 0 Å². The van der Waals surface area contributed by atoms with Gasteiger partial charge in [0.05, 0.1) is 6.10 Å². The Bertz CT molecular complexity index is 394. The Labute approximate surface area is 95.6 Å². The van der Waals surface area contributed by atoms with E-state index in [0.29, 0.717) is 12.5 Å². The van der Waals surface area contributed by atoms with Crippen molar-refractivity contribution in [2.45, 2.75) is 38.2 Å². The van der Waals surface area contributed by atoms with Gasteiger partial charge in [-0.15, -0.1) is 3.89 Å². The van der Waals surface area contributed by atoms with Crippen LogP contribution < -0.4 is 0 Å². The van der Waals surface area contributed by atoms with Crippen molar-refractivity contribution in [2.75, 3.05) is 12.4 Å². The summed E-state index contributed by atoms with van der Waals surface area (Å²) in [4.78, 5) is 0. The van der Waals surface area contributed by atoms with Gasteiger partial charge < -0.3 is 4.74 Å². The fraction of sp³-hybridized carbons (Fsp3) is 1.00. The number of halogens is 1. The van der Waals surface area contributed by atoms with Crippen LogP contribution in [-0.2, 0) is 15.0 Å². The smallest absolute Gasteiger partial charge is 0.304 e. The van der Waals surface area contributed by atoms with E-state index < -0.39 is 22.1 Å². The molecule has 0 N–H and O–H groups in total. The van der Waals surface area contributed by atoms with Crippen molar-refractivity contribution in [1.29, 1.82) is 0 Å². The van der Waals surface area contributed by atoms with Gasteiger partial charge in [-0.3, -0.25) is 0 Å². The van der Waals surface area contributed by atoms with Gasteiger partial charge in [0.15, 0.2) is 0 Å². The van der Waals surface area contributed by atoms with Gasteiger partial charge in [-0.25, -0.2) is 0 Å². The minimum Gasteiger partial charge on any atom is -0.376 e. The average Bonchev–Trinajstić information content (AvgIpc) is 2.81. The van der Waals surface area contributed by atoms with Crippen LogP contribution in [0.1, 0.15) is 32.1 Å². The summed E-state index contributed by atoms with van der Waals surface area (Å²) in [5.74, 6) is 0.874. The first-order valence-electron chi connectivity index (χ1n) is 6.03. The van der Waals surface area contributed by atoms with Crippen LogP contribution in [0.4, 0.5) is 3.89 Å². The quantitative estimate of drug-likeness (QED) is 0.701. The first-order valence-corrected chi connectivity index (χ1v) is 7.59. The Morgan fingerprint density at radius 2 is 2.19 bits per heavy atom. The zero-order chi connectivity index (χ0) is 11.4. The van der Waals surface area contributed by atoms with E-state index in [2.05, 4.69) is 0 Å². The molecule has 2 saturated carbocycles. The summed E-state index contributed by atoms with van der Waals surface area (Å²) in [6.45, 7) is 0.601. The summed E-state index contributed by atoms with van der Waals surface area (Å²) >= 11 is 0. The van der Waals surface area contributed by atoms with E-state index in [1.165, 1.54) is 19.3 Å². The molecule has 0 aromatic heterocycles. The molecule has 0 radical (unpaired) electrons. The first kappa shape index (κ1) is 11.0. The highest BCUT2D eigenvalue weighted by Crippen LogP contribution is 2.61. The molecule has 1 saturated heterocycles. The fourth-order valence-electron chi connectivity index (χ4n) is 4.30. The molecule has 5 heteroatoms. The van der Waals surface area contributed by atoms with Crippen LogP contribution in [-0.4, -0.2) is 26.9 Å². The predicted octanol–water partition coefficient (Wildman–Crippen LogP) is 1.88. The van der Waals surface area contributed by atoms with E-state index in [4.69, 9.17) is 4.74 Å². The number of ether oxygens (including phenoxy) is 1. The van der Waals surface area contributed by atoms with Gasteiger partial charge >= 0.3 is 10.2 Å². The van der Waals surface area contributed by atoms with Crippen molar-refractivity contribution >= 4 is 10.2 Å². The van der Waals surface area contributed by atoms with Gasteiger partial charge in [0.25, 0.3) is 0 Å². The van der Waals surface area contributed by atoms with Crippen LogP contribution >= 0.6 is 0 Å². The standard InChI is InChI=1S/C11H17FO3S/c12-16(13,14)7-10-11(3-4-15-10)6-8-1-2-9(11)5-8/h8-10H,1-7H2. The third kappa shape index (κ3) is 1.59. The van der Waals surface area contributed by atoms with Crippen molar-refractivity contribution in [3.05, 3.63) is 0 Å². The first-order chi connectivity index (χ1) is 7.50. The molecule has 1 aliphatic heterocycles. The maximum Gasteiger partial charge on any atom is 0.304 e. The molecule has 2 bridgehead atoms. The SMILES string of the molecule is O=S(=O)(F)CC1OCCC12CC1CCC2C1. The van der Waals surface area contributed by atoms with Gasteiger partial charge in [0.1, 0.15) is 5.75 Å². The summed E-state index contributed by atoms with van der Waals surface area (Å²) in [5, 5.41) is 0. The molecule has 16 heavy (non-hydrogen) atoms. The van der Waals surface area contributed by atoms with Gasteiger partial charge in [-0.2, -0.15) is 8.42 Å². The van der Waals surface area contributed by atoms with Crippen LogP contribution in [0, 0.1) is 17.3 Å². The second kappa shape index (κ2) is 3.42. The minimum atomic E-state index is -4.41. The topological polar surface area (TPSA) is 43.4 Å². The second-order valence-corrected chi connectivity index (χ2v) is 7.04. The van der Waals surface area contributed by atoms with Crippen LogP contribution in [0.3, 0.4) is 0 Å². The lowest BCUT2D eigenvalue weighted by Gasteiger charge is -2.37. The van der Waals surface area contributed by atoms with E-state index in [9.17, 15) is 12.3 Å². The lowest BCUT2D eigenvalue weighted by Crippen LogP contribution is -2.39. The Morgan fingerprint density at radius 3 is 2.75 bits per heavy atom. The third-order valence-corrected chi connectivity index (χ3v) is 5.60. The average molecular weight is 248 g/mol. The molecule has 4 atom stereocenters. The Kier molecular flexibility index (Phi) is 2.34. The summed E-state index contributed by atoms with van der Waals surface area (Å²) in [6.07, 6.45) is 5.23. The summed E-state index contributed by atoms with van der Waals surface area (Å²) in [6, 6.07) is 0. The van der Waals surface area contributed by atoms with Crippen LogP contribution in [0.2, 0.25) is 0 Å². The fourth-order valence-corrected chi connectivity index (χ4v) is 5.09. The van der Waals surface area contributed by atoms with Crippen molar-refractivity contribution < 1.29 is 17.0 Å². The molecule has 3 rings (SSSR count). The summed E-state index contributed by atoms with van der Waals surface area (Å²) < 4.78 is 39.9. The molecule has 0 aromatic rings.